The molecule has 2 rings (SSSR count). The summed E-state index contributed by atoms with van der Waals surface area (Å²) in [6.07, 6.45) is 4.17. The lowest BCUT2D eigenvalue weighted by Gasteiger charge is -2.28. The topological polar surface area (TPSA) is 75.7 Å². The van der Waals surface area contributed by atoms with E-state index in [-0.39, 0.29) is 18.4 Å². The maximum atomic E-state index is 12.4. The van der Waals surface area contributed by atoms with Gasteiger partial charge in [0.05, 0.1) is 18.5 Å². The van der Waals surface area contributed by atoms with Gasteiger partial charge < -0.3 is 10.1 Å². The third kappa shape index (κ3) is 5.20. The molecule has 0 aliphatic carbocycles. The average molecular weight is 383 g/mol. The first-order valence-electron chi connectivity index (χ1n) is 9.32. The molecule has 1 N–H and O–H groups in total. The van der Waals surface area contributed by atoms with Gasteiger partial charge in [0.25, 0.3) is 0 Å². The first-order valence-corrected chi connectivity index (χ1v) is 11.2. The number of para-hydroxylation sites is 1. The van der Waals surface area contributed by atoms with Gasteiger partial charge in [0.2, 0.25) is 15.9 Å². The molecular weight excluding hydrogens is 352 g/mol. The van der Waals surface area contributed by atoms with E-state index in [9.17, 15) is 13.2 Å². The highest BCUT2D eigenvalue weighted by Crippen LogP contribution is 2.28. The monoisotopic (exact) mass is 382 g/mol. The molecule has 1 saturated heterocycles. The summed E-state index contributed by atoms with van der Waals surface area (Å²) in [4.78, 5) is 12.3. The van der Waals surface area contributed by atoms with Gasteiger partial charge in [-0.25, -0.2) is 8.42 Å². The molecule has 0 aromatic heterocycles. The number of anilines is 1. The van der Waals surface area contributed by atoms with E-state index in [1.54, 1.807) is 0 Å². The van der Waals surface area contributed by atoms with Crippen LogP contribution in [0.15, 0.2) is 18.2 Å². The Hall–Kier alpha value is -1.60. The molecule has 1 aromatic carbocycles. The standard InChI is InChI=1S/C19H30N2O4S/c1-4-15-7-6-8-16(5-2)18(15)21(26(3,23)24)12-11-20-19(22)17-9-13-25-14-10-17/h6-8,17H,4-5,9-14H2,1-3H3,(H,20,22). The van der Waals surface area contributed by atoms with E-state index in [0.29, 0.717) is 19.8 Å². The van der Waals surface area contributed by atoms with Crippen LogP contribution in [0, 0.1) is 5.92 Å². The summed E-state index contributed by atoms with van der Waals surface area (Å²) in [5.74, 6) is -0.0502. The van der Waals surface area contributed by atoms with Gasteiger partial charge >= 0.3 is 0 Å². The van der Waals surface area contributed by atoms with Crippen LogP contribution in [-0.2, 0) is 32.4 Å². The van der Waals surface area contributed by atoms with E-state index in [1.807, 2.05) is 32.0 Å². The second-order valence-electron chi connectivity index (χ2n) is 6.64. The Balaban J connectivity index is 2.13. The van der Waals surface area contributed by atoms with Gasteiger partial charge in [-0.05, 0) is 36.8 Å². The molecular formula is C19H30N2O4S. The predicted molar refractivity (Wildman–Crippen MR) is 104 cm³/mol. The number of carbonyl (C=O) groups is 1. The molecule has 1 fully saturated rings. The Morgan fingerprint density at radius 3 is 2.27 bits per heavy atom. The van der Waals surface area contributed by atoms with E-state index in [0.717, 1.165) is 42.5 Å². The molecule has 7 heteroatoms. The zero-order valence-electron chi connectivity index (χ0n) is 16.0. The summed E-state index contributed by atoms with van der Waals surface area (Å²) >= 11 is 0. The van der Waals surface area contributed by atoms with E-state index in [2.05, 4.69) is 5.32 Å². The molecule has 1 aromatic rings. The number of rotatable bonds is 8. The van der Waals surface area contributed by atoms with Crippen LogP contribution < -0.4 is 9.62 Å². The Morgan fingerprint density at radius 1 is 1.19 bits per heavy atom. The summed E-state index contributed by atoms with van der Waals surface area (Å²) in [5.41, 5.74) is 2.77. The summed E-state index contributed by atoms with van der Waals surface area (Å²) in [6.45, 7) is 5.79. The van der Waals surface area contributed by atoms with E-state index in [1.165, 1.54) is 10.6 Å². The second-order valence-corrected chi connectivity index (χ2v) is 8.55. The van der Waals surface area contributed by atoms with Gasteiger partial charge in [0, 0.05) is 25.7 Å². The van der Waals surface area contributed by atoms with E-state index >= 15 is 0 Å². The lowest BCUT2D eigenvalue weighted by atomic mass is 9.99. The van der Waals surface area contributed by atoms with Crippen molar-refractivity contribution < 1.29 is 17.9 Å². The maximum absolute atomic E-state index is 12.4. The van der Waals surface area contributed by atoms with Gasteiger partial charge in [0.1, 0.15) is 0 Å². The van der Waals surface area contributed by atoms with Gasteiger partial charge in [-0.15, -0.1) is 0 Å². The Bertz CT molecular complexity index is 690. The number of nitrogens with one attached hydrogen (secondary N) is 1. The summed E-state index contributed by atoms with van der Waals surface area (Å²) in [6, 6.07) is 5.90. The van der Waals surface area contributed by atoms with Crippen molar-refractivity contribution >= 4 is 21.6 Å². The minimum absolute atomic E-state index is 0.0127. The molecule has 0 saturated carbocycles. The van der Waals surface area contributed by atoms with Gasteiger partial charge in [-0.2, -0.15) is 0 Å². The van der Waals surface area contributed by atoms with Gasteiger partial charge in [0.15, 0.2) is 0 Å². The molecule has 1 heterocycles. The lowest BCUT2D eigenvalue weighted by Crippen LogP contribution is -2.41. The number of benzene rings is 1. The zero-order chi connectivity index (χ0) is 19.2. The zero-order valence-corrected chi connectivity index (χ0v) is 16.8. The fourth-order valence-electron chi connectivity index (χ4n) is 3.36. The third-order valence-corrected chi connectivity index (χ3v) is 5.99. The number of sulfonamides is 1. The highest BCUT2D eigenvalue weighted by molar-refractivity contribution is 7.92. The van der Waals surface area contributed by atoms with Crippen LogP contribution in [0.25, 0.3) is 0 Å². The van der Waals surface area contributed by atoms with Crippen molar-refractivity contribution in [1.29, 1.82) is 0 Å². The van der Waals surface area contributed by atoms with E-state index in [4.69, 9.17) is 4.74 Å². The molecule has 146 valence electrons. The first kappa shape index (κ1) is 20.7. The van der Waals surface area contributed by atoms with Crippen LogP contribution in [-0.4, -0.2) is 46.9 Å². The summed E-state index contributed by atoms with van der Waals surface area (Å²) in [5, 5.41) is 2.90. The molecule has 0 bridgehead atoms. The van der Waals surface area contributed by atoms with Crippen LogP contribution in [0.4, 0.5) is 5.69 Å². The normalized spacial score (nSPS) is 15.7. The van der Waals surface area contributed by atoms with Gasteiger partial charge in [-0.1, -0.05) is 32.0 Å². The van der Waals surface area contributed by atoms with Crippen LogP contribution in [0.2, 0.25) is 0 Å². The molecule has 0 unspecified atom stereocenters. The Kier molecular flexibility index (Phi) is 7.46. The molecule has 0 atom stereocenters. The van der Waals surface area contributed by atoms with Crippen LogP contribution in [0.1, 0.15) is 37.8 Å². The van der Waals surface area contributed by atoms with Crippen molar-refractivity contribution in [2.75, 3.05) is 36.9 Å². The number of ether oxygens (including phenoxy) is 1. The maximum Gasteiger partial charge on any atom is 0.232 e. The summed E-state index contributed by atoms with van der Waals surface area (Å²) in [7, 11) is -3.44. The molecule has 1 aliphatic rings. The number of amides is 1. The lowest BCUT2D eigenvalue weighted by molar-refractivity contribution is -0.127. The number of hydrogen-bond acceptors (Lipinski definition) is 4. The largest absolute Gasteiger partial charge is 0.381 e. The fourth-order valence-corrected chi connectivity index (χ4v) is 4.35. The molecule has 1 aliphatic heterocycles. The first-order chi connectivity index (χ1) is 12.4. The number of nitrogens with zero attached hydrogens (tertiary/aromatic N) is 1. The quantitative estimate of drug-likeness (QED) is 0.747. The minimum Gasteiger partial charge on any atom is -0.381 e. The highest BCUT2D eigenvalue weighted by Gasteiger charge is 2.24. The number of hydrogen-bond donors (Lipinski definition) is 1. The van der Waals surface area contributed by atoms with Crippen molar-refractivity contribution in [2.24, 2.45) is 5.92 Å². The molecule has 6 nitrogen and oxygen atoms in total. The van der Waals surface area contributed by atoms with Crippen LogP contribution in [0.5, 0.6) is 0 Å². The second kappa shape index (κ2) is 9.37. The number of aryl methyl sites for hydroxylation is 2. The highest BCUT2D eigenvalue weighted by atomic mass is 32.2. The Labute approximate surface area is 157 Å². The molecule has 0 spiro atoms. The smallest absolute Gasteiger partial charge is 0.232 e. The van der Waals surface area contributed by atoms with Crippen LogP contribution in [0.3, 0.4) is 0 Å². The summed E-state index contributed by atoms with van der Waals surface area (Å²) < 4.78 is 31.6. The molecule has 0 radical (unpaired) electrons. The third-order valence-electron chi connectivity index (χ3n) is 4.82. The van der Waals surface area contributed by atoms with Crippen molar-refractivity contribution in [3.05, 3.63) is 29.3 Å². The van der Waals surface area contributed by atoms with Crippen molar-refractivity contribution in [3.63, 3.8) is 0 Å². The molecule has 1 amide bonds. The number of carbonyl (C=O) groups excluding carboxylic acids is 1. The van der Waals surface area contributed by atoms with Crippen molar-refractivity contribution in [3.8, 4) is 0 Å². The average Bonchev–Trinajstić information content (AvgIpc) is 2.64. The minimum atomic E-state index is -3.44. The van der Waals surface area contributed by atoms with Crippen molar-refractivity contribution in [1.82, 2.24) is 5.32 Å². The fraction of sp³-hybridized carbons (Fsp3) is 0.632. The molecule has 26 heavy (non-hydrogen) atoms. The van der Waals surface area contributed by atoms with E-state index < -0.39 is 10.0 Å². The van der Waals surface area contributed by atoms with Gasteiger partial charge in [-0.3, -0.25) is 9.10 Å². The van der Waals surface area contributed by atoms with Crippen molar-refractivity contribution in [2.45, 2.75) is 39.5 Å². The predicted octanol–water partition coefficient (Wildman–Crippen LogP) is 2.12. The Morgan fingerprint density at radius 2 is 1.77 bits per heavy atom. The SMILES string of the molecule is CCc1cccc(CC)c1N(CCNC(=O)C1CCOCC1)S(C)(=O)=O. The van der Waals surface area contributed by atoms with Crippen LogP contribution >= 0.6 is 0 Å².